The lowest BCUT2D eigenvalue weighted by atomic mass is 10.1. The van der Waals surface area contributed by atoms with Gasteiger partial charge in [-0.25, -0.2) is 4.98 Å². The number of benzene rings is 1. The highest BCUT2D eigenvalue weighted by Crippen LogP contribution is 2.36. The molecule has 7 heteroatoms. The van der Waals surface area contributed by atoms with Crippen LogP contribution >= 0.6 is 11.8 Å². The zero-order chi connectivity index (χ0) is 20.1. The molecule has 6 nitrogen and oxygen atoms in total. The van der Waals surface area contributed by atoms with Crippen molar-refractivity contribution in [2.75, 3.05) is 24.3 Å². The minimum absolute atomic E-state index is 0.0325. The van der Waals surface area contributed by atoms with Crippen LogP contribution in [0.25, 0.3) is 0 Å². The van der Waals surface area contributed by atoms with Gasteiger partial charge in [-0.1, -0.05) is 12.1 Å². The molecule has 0 spiro atoms. The molecule has 1 aromatic carbocycles. The molecule has 0 fully saturated rings. The van der Waals surface area contributed by atoms with Crippen LogP contribution in [0.15, 0.2) is 35.4 Å². The number of amides is 2. The maximum absolute atomic E-state index is 12.7. The first-order valence-electron chi connectivity index (χ1n) is 9.29. The number of anilines is 1. The minimum atomic E-state index is -0.130. The number of aryl methyl sites for hydroxylation is 2. The van der Waals surface area contributed by atoms with Crippen molar-refractivity contribution < 1.29 is 14.3 Å². The third-order valence-corrected chi connectivity index (χ3v) is 5.56. The quantitative estimate of drug-likeness (QED) is 0.807. The molecule has 148 valence electrons. The van der Waals surface area contributed by atoms with Crippen molar-refractivity contribution in [2.24, 2.45) is 0 Å². The SMILES string of the molecule is COc1ccc(CNC(=O)CCC(=O)N2CCSc3nc(C)cc(C)c32)cc1. The zero-order valence-electron chi connectivity index (χ0n) is 16.4. The molecule has 2 aromatic rings. The first kappa shape index (κ1) is 20.2. The van der Waals surface area contributed by atoms with Gasteiger partial charge < -0.3 is 15.0 Å². The molecule has 0 atom stereocenters. The first-order valence-corrected chi connectivity index (χ1v) is 10.3. The summed E-state index contributed by atoms with van der Waals surface area (Å²) in [6.07, 6.45) is 0.359. The number of carbonyl (C=O) groups is 2. The largest absolute Gasteiger partial charge is 0.497 e. The highest BCUT2D eigenvalue weighted by atomic mass is 32.2. The van der Waals surface area contributed by atoms with Crippen molar-refractivity contribution in [1.82, 2.24) is 10.3 Å². The summed E-state index contributed by atoms with van der Waals surface area (Å²) in [4.78, 5) is 31.2. The summed E-state index contributed by atoms with van der Waals surface area (Å²) in [6.45, 7) is 5.04. The standard InChI is InChI=1S/C21H25N3O3S/c1-14-12-15(2)23-21-20(14)24(10-11-28-21)19(26)9-8-18(25)22-13-16-4-6-17(27-3)7-5-16/h4-7,12H,8-11,13H2,1-3H3,(H,22,25). The topological polar surface area (TPSA) is 71.5 Å². The van der Waals surface area contributed by atoms with Crippen LogP contribution in [0.1, 0.15) is 29.7 Å². The van der Waals surface area contributed by atoms with Crippen LogP contribution in [0.3, 0.4) is 0 Å². The Bertz CT molecular complexity index is 868. The fraction of sp³-hybridized carbons (Fsp3) is 0.381. The lowest BCUT2D eigenvalue weighted by Gasteiger charge is -2.30. The fourth-order valence-electron chi connectivity index (χ4n) is 3.21. The van der Waals surface area contributed by atoms with Crippen molar-refractivity contribution in [3.05, 3.63) is 47.2 Å². The Labute approximate surface area is 169 Å². The van der Waals surface area contributed by atoms with Crippen molar-refractivity contribution in [3.63, 3.8) is 0 Å². The summed E-state index contributed by atoms with van der Waals surface area (Å²) in [7, 11) is 1.62. The second kappa shape index (κ2) is 9.10. The number of fused-ring (bicyclic) bond motifs is 1. The summed E-state index contributed by atoms with van der Waals surface area (Å²) >= 11 is 1.68. The third kappa shape index (κ3) is 4.84. The Hall–Kier alpha value is -2.54. The van der Waals surface area contributed by atoms with E-state index in [1.54, 1.807) is 23.8 Å². The Morgan fingerprint density at radius 1 is 1.21 bits per heavy atom. The van der Waals surface area contributed by atoms with Gasteiger partial charge in [0.1, 0.15) is 10.8 Å². The van der Waals surface area contributed by atoms with Crippen LogP contribution in [0, 0.1) is 13.8 Å². The van der Waals surface area contributed by atoms with Gasteiger partial charge in [0, 0.05) is 37.4 Å². The van der Waals surface area contributed by atoms with Crippen LogP contribution in [0.5, 0.6) is 5.75 Å². The molecule has 0 aliphatic carbocycles. The smallest absolute Gasteiger partial charge is 0.227 e. The number of rotatable bonds is 6. The summed E-state index contributed by atoms with van der Waals surface area (Å²) < 4.78 is 5.12. The average molecular weight is 400 g/mol. The van der Waals surface area contributed by atoms with Crippen LogP contribution in [-0.4, -0.2) is 36.2 Å². The van der Waals surface area contributed by atoms with Gasteiger partial charge in [-0.15, -0.1) is 11.8 Å². The molecule has 0 saturated heterocycles. The fourth-order valence-corrected chi connectivity index (χ4v) is 4.29. The van der Waals surface area contributed by atoms with Crippen LogP contribution in [0.4, 0.5) is 5.69 Å². The van der Waals surface area contributed by atoms with E-state index in [0.29, 0.717) is 13.1 Å². The molecule has 2 heterocycles. The van der Waals surface area contributed by atoms with E-state index in [-0.39, 0.29) is 24.7 Å². The Kier molecular flexibility index (Phi) is 6.57. The van der Waals surface area contributed by atoms with Gasteiger partial charge in [-0.05, 0) is 43.2 Å². The lowest BCUT2D eigenvalue weighted by Crippen LogP contribution is -2.37. The van der Waals surface area contributed by atoms with Crippen LogP contribution in [-0.2, 0) is 16.1 Å². The molecule has 1 aliphatic rings. The van der Waals surface area contributed by atoms with E-state index < -0.39 is 0 Å². The number of nitrogens with zero attached hydrogens (tertiary/aromatic N) is 2. The molecular weight excluding hydrogens is 374 g/mol. The van der Waals surface area contributed by atoms with E-state index in [4.69, 9.17) is 4.74 Å². The Morgan fingerprint density at radius 2 is 1.96 bits per heavy atom. The van der Waals surface area contributed by atoms with Gasteiger partial charge in [-0.2, -0.15) is 0 Å². The van der Waals surface area contributed by atoms with E-state index in [1.165, 1.54) is 0 Å². The van der Waals surface area contributed by atoms with Crippen LogP contribution in [0.2, 0.25) is 0 Å². The number of methoxy groups -OCH3 is 1. The predicted molar refractivity (Wildman–Crippen MR) is 111 cm³/mol. The number of hydrogen-bond donors (Lipinski definition) is 1. The number of aromatic nitrogens is 1. The molecule has 0 radical (unpaired) electrons. The monoisotopic (exact) mass is 399 g/mol. The Morgan fingerprint density at radius 3 is 2.68 bits per heavy atom. The third-order valence-electron chi connectivity index (χ3n) is 4.62. The number of nitrogens with one attached hydrogen (secondary N) is 1. The van der Waals surface area contributed by atoms with E-state index in [2.05, 4.69) is 10.3 Å². The first-order chi connectivity index (χ1) is 13.5. The molecule has 28 heavy (non-hydrogen) atoms. The average Bonchev–Trinajstić information content (AvgIpc) is 2.70. The molecule has 1 aromatic heterocycles. The minimum Gasteiger partial charge on any atom is -0.497 e. The molecule has 0 unspecified atom stereocenters. The summed E-state index contributed by atoms with van der Waals surface area (Å²) in [5.41, 5.74) is 3.88. The molecular formula is C21H25N3O3S. The zero-order valence-corrected chi connectivity index (χ0v) is 17.3. The van der Waals surface area contributed by atoms with Crippen molar-refractivity contribution in [3.8, 4) is 5.75 Å². The number of ether oxygens (including phenoxy) is 1. The van der Waals surface area contributed by atoms with Crippen molar-refractivity contribution in [2.45, 2.75) is 38.3 Å². The highest BCUT2D eigenvalue weighted by Gasteiger charge is 2.26. The number of thioether (sulfide) groups is 1. The second-order valence-corrected chi connectivity index (χ2v) is 7.84. The Balaban J connectivity index is 1.54. The van der Waals surface area contributed by atoms with Gasteiger partial charge in [0.2, 0.25) is 11.8 Å². The van der Waals surface area contributed by atoms with E-state index in [1.807, 2.05) is 44.2 Å². The summed E-state index contributed by atoms with van der Waals surface area (Å²) in [6, 6.07) is 9.52. The molecule has 1 N–H and O–H groups in total. The van der Waals surface area contributed by atoms with Gasteiger partial charge in [0.05, 0.1) is 12.8 Å². The summed E-state index contributed by atoms with van der Waals surface area (Å²) in [5, 5.41) is 3.77. The molecule has 0 bridgehead atoms. The van der Waals surface area contributed by atoms with Gasteiger partial charge in [0.25, 0.3) is 0 Å². The lowest BCUT2D eigenvalue weighted by molar-refractivity contribution is -0.125. The maximum Gasteiger partial charge on any atom is 0.227 e. The number of hydrogen-bond acceptors (Lipinski definition) is 5. The highest BCUT2D eigenvalue weighted by molar-refractivity contribution is 7.99. The molecule has 2 amide bonds. The van der Waals surface area contributed by atoms with E-state index in [0.717, 1.165) is 39.0 Å². The van der Waals surface area contributed by atoms with Crippen LogP contribution < -0.4 is 15.0 Å². The van der Waals surface area contributed by atoms with E-state index >= 15 is 0 Å². The summed E-state index contributed by atoms with van der Waals surface area (Å²) in [5.74, 6) is 1.43. The van der Waals surface area contributed by atoms with Crippen molar-refractivity contribution >= 4 is 29.3 Å². The maximum atomic E-state index is 12.7. The van der Waals surface area contributed by atoms with Crippen molar-refractivity contribution in [1.29, 1.82) is 0 Å². The molecule has 1 aliphatic heterocycles. The molecule has 3 rings (SSSR count). The van der Waals surface area contributed by atoms with Gasteiger partial charge in [0.15, 0.2) is 0 Å². The van der Waals surface area contributed by atoms with Gasteiger partial charge >= 0.3 is 0 Å². The predicted octanol–water partition coefficient (Wildman–Crippen LogP) is 3.24. The van der Waals surface area contributed by atoms with E-state index in [9.17, 15) is 9.59 Å². The normalized spacial score (nSPS) is 13.0. The van der Waals surface area contributed by atoms with Gasteiger partial charge in [-0.3, -0.25) is 9.59 Å². The molecule has 0 saturated carbocycles. The second-order valence-electron chi connectivity index (χ2n) is 6.75. The number of pyridine rings is 1. The number of carbonyl (C=O) groups excluding carboxylic acids is 2.